The Morgan fingerprint density at radius 3 is 2.42 bits per heavy atom. The zero-order valence-electron chi connectivity index (χ0n) is 7.92. The molecule has 0 aliphatic heterocycles. The van der Waals surface area contributed by atoms with E-state index in [2.05, 4.69) is 11.8 Å². The van der Waals surface area contributed by atoms with Crippen molar-refractivity contribution < 1.29 is 4.79 Å². The Balaban J connectivity index is 2.62. The lowest BCUT2D eigenvalue weighted by Gasteiger charge is -2.23. The van der Waals surface area contributed by atoms with Gasteiger partial charge in [-0.05, 0) is 39.5 Å². The molecule has 0 aromatic rings. The van der Waals surface area contributed by atoms with Crippen LogP contribution in [0.15, 0.2) is 0 Å². The van der Waals surface area contributed by atoms with Crippen molar-refractivity contribution in [2.75, 3.05) is 0 Å². The Morgan fingerprint density at radius 2 is 2.08 bits per heavy atom. The van der Waals surface area contributed by atoms with Crippen LogP contribution >= 0.6 is 0 Å². The van der Waals surface area contributed by atoms with Gasteiger partial charge in [0, 0.05) is 12.1 Å². The predicted octanol–water partition coefficient (Wildman–Crippen LogP) is 1.41. The van der Waals surface area contributed by atoms with Crippen molar-refractivity contribution >= 4 is 5.91 Å². The molecule has 2 heteroatoms. The summed E-state index contributed by atoms with van der Waals surface area (Å²) in [5.74, 6) is 5.21. The van der Waals surface area contributed by atoms with Crippen LogP contribution in [-0.2, 0) is 4.79 Å². The predicted molar refractivity (Wildman–Crippen MR) is 48.5 cm³/mol. The molecule has 0 heterocycles. The van der Waals surface area contributed by atoms with Crippen molar-refractivity contribution in [3.8, 4) is 11.8 Å². The summed E-state index contributed by atoms with van der Waals surface area (Å²) < 4.78 is 0. The number of rotatable bonds is 2. The molecule has 12 heavy (non-hydrogen) atoms. The summed E-state index contributed by atoms with van der Waals surface area (Å²) >= 11 is 0. The molecule has 0 aromatic carbocycles. The average molecular weight is 165 g/mol. The first-order valence-corrected chi connectivity index (χ1v) is 4.42. The van der Waals surface area contributed by atoms with Gasteiger partial charge in [0.25, 0.3) is 5.91 Å². The van der Waals surface area contributed by atoms with Crippen molar-refractivity contribution in [1.29, 1.82) is 0 Å². The third kappa shape index (κ3) is 2.01. The Hall–Kier alpha value is -0.970. The smallest absolute Gasteiger partial charge is 0.298 e. The first-order chi connectivity index (χ1) is 5.66. The van der Waals surface area contributed by atoms with Crippen LogP contribution in [0.1, 0.15) is 33.6 Å². The molecule has 66 valence electrons. The summed E-state index contributed by atoms with van der Waals surface area (Å²) in [6.07, 6.45) is 2.30. The molecule has 0 bridgehead atoms. The van der Waals surface area contributed by atoms with Crippen LogP contribution in [0.5, 0.6) is 0 Å². The number of carbonyl (C=O) groups excluding carboxylic acids is 1. The lowest BCUT2D eigenvalue weighted by atomic mass is 10.3. The minimum atomic E-state index is -0.0185. The van der Waals surface area contributed by atoms with Crippen LogP contribution in [0, 0.1) is 11.8 Å². The second-order valence-electron chi connectivity index (χ2n) is 3.41. The van der Waals surface area contributed by atoms with Crippen LogP contribution in [0.25, 0.3) is 0 Å². The van der Waals surface area contributed by atoms with Gasteiger partial charge in [0.2, 0.25) is 0 Å². The second-order valence-corrected chi connectivity index (χ2v) is 3.41. The van der Waals surface area contributed by atoms with Crippen molar-refractivity contribution in [2.24, 2.45) is 0 Å². The third-order valence-corrected chi connectivity index (χ3v) is 1.96. The maximum Gasteiger partial charge on any atom is 0.298 e. The van der Waals surface area contributed by atoms with E-state index in [9.17, 15) is 4.79 Å². The topological polar surface area (TPSA) is 20.3 Å². The molecule has 1 fully saturated rings. The lowest BCUT2D eigenvalue weighted by Crippen LogP contribution is -2.37. The summed E-state index contributed by atoms with van der Waals surface area (Å²) in [6.45, 7) is 5.77. The van der Waals surface area contributed by atoms with Gasteiger partial charge >= 0.3 is 0 Å². The molecular formula is C10H15NO. The van der Waals surface area contributed by atoms with E-state index in [4.69, 9.17) is 0 Å². The van der Waals surface area contributed by atoms with E-state index >= 15 is 0 Å². The largest absolute Gasteiger partial charge is 0.326 e. The van der Waals surface area contributed by atoms with Crippen LogP contribution in [0.3, 0.4) is 0 Å². The molecule has 0 atom stereocenters. The third-order valence-electron chi connectivity index (χ3n) is 1.96. The monoisotopic (exact) mass is 165 g/mol. The van der Waals surface area contributed by atoms with Gasteiger partial charge in [0.1, 0.15) is 0 Å². The fourth-order valence-electron chi connectivity index (χ4n) is 1.35. The fraction of sp³-hybridized carbons (Fsp3) is 0.700. The quantitative estimate of drug-likeness (QED) is 0.566. The summed E-state index contributed by atoms with van der Waals surface area (Å²) in [7, 11) is 0. The minimum absolute atomic E-state index is 0.0185. The lowest BCUT2D eigenvalue weighted by molar-refractivity contribution is -0.127. The Bertz CT molecular complexity index is 228. The number of hydrogen-bond acceptors (Lipinski definition) is 1. The SMILES string of the molecule is CC#CC(=O)N(C(C)C)C1CC1. The van der Waals surface area contributed by atoms with Crippen molar-refractivity contribution in [1.82, 2.24) is 4.90 Å². The van der Waals surface area contributed by atoms with Gasteiger partial charge in [-0.25, -0.2) is 0 Å². The van der Waals surface area contributed by atoms with Crippen LogP contribution in [0.4, 0.5) is 0 Å². The van der Waals surface area contributed by atoms with Gasteiger partial charge in [-0.3, -0.25) is 4.79 Å². The highest BCUT2D eigenvalue weighted by molar-refractivity contribution is 5.94. The number of carbonyl (C=O) groups is 1. The second kappa shape index (κ2) is 3.62. The molecular weight excluding hydrogens is 150 g/mol. The van der Waals surface area contributed by atoms with Crippen molar-refractivity contribution in [3.05, 3.63) is 0 Å². The Labute approximate surface area is 73.9 Å². The average Bonchev–Trinajstić information content (AvgIpc) is 2.71. The van der Waals surface area contributed by atoms with Crippen molar-refractivity contribution in [2.45, 2.75) is 45.7 Å². The van der Waals surface area contributed by atoms with E-state index in [-0.39, 0.29) is 11.9 Å². The number of nitrogens with zero attached hydrogens (tertiary/aromatic N) is 1. The number of amides is 1. The summed E-state index contributed by atoms with van der Waals surface area (Å²) in [4.78, 5) is 13.3. The normalized spacial score (nSPS) is 15.3. The van der Waals surface area contributed by atoms with Crippen LogP contribution < -0.4 is 0 Å². The highest BCUT2D eigenvalue weighted by Gasteiger charge is 2.33. The van der Waals surface area contributed by atoms with E-state index in [1.807, 2.05) is 18.7 Å². The minimum Gasteiger partial charge on any atom is -0.326 e. The molecule has 2 nitrogen and oxygen atoms in total. The van der Waals surface area contributed by atoms with Gasteiger partial charge in [-0.1, -0.05) is 5.92 Å². The molecule has 1 aliphatic rings. The summed E-state index contributed by atoms with van der Waals surface area (Å²) in [5, 5.41) is 0. The Morgan fingerprint density at radius 1 is 1.50 bits per heavy atom. The van der Waals surface area contributed by atoms with Gasteiger partial charge < -0.3 is 4.90 Å². The summed E-state index contributed by atoms with van der Waals surface area (Å²) in [6, 6.07) is 0.754. The maximum atomic E-state index is 11.4. The molecule has 0 aromatic heterocycles. The van der Waals surface area contributed by atoms with Gasteiger partial charge in [-0.2, -0.15) is 0 Å². The Kier molecular flexibility index (Phi) is 2.75. The molecule has 1 saturated carbocycles. The molecule has 1 aliphatic carbocycles. The fourth-order valence-corrected chi connectivity index (χ4v) is 1.35. The van der Waals surface area contributed by atoms with E-state index in [1.54, 1.807) is 6.92 Å². The highest BCUT2D eigenvalue weighted by atomic mass is 16.2. The van der Waals surface area contributed by atoms with Gasteiger partial charge in [0.15, 0.2) is 0 Å². The maximum absolute atomic E-state index is 11.4. The van der Waals surface area contributed by atoms with E-state index in [0.29, 0.717) is 6.04 Å². The van der Waals surface area contributed by atoms with Gasteiger partial charge in [-0.15, -0.1) is 0 Å². The molecule has 0 unspecified atom stereocenters. The molecule has 0 radical (unpaired) electrons. The van der Waals surface area contributed by atoms with Crippen molar-refractivity contribution in [3.63, 3.8) is 0 Å². The van der Waals surface area contributed by atoms with E-state index in [0.717, 1.165) is 12.8 Å². The van der Waals surface area contributed by atoms with Gasteiger partial charge in [0.05, 0.1) is 0 Å². The zero-order chi connectivity index (χ0) is 9.14. The molecule has 0 spiro atoms. The van der Waals surface area contributed by atoms with Crippen LogP contribution in [-0.4, -0.2) is 22.9 Å². The first kappa shape index (κ1) is 9.12. The van der Waals surface area contributed by atoms with Crippen LogP contribution in [0.2, 0.25) is 0 Å². The number of hydrogen-bond donors (Lipinski definition) is 0. The molecule has 1 rings (SSSR count). The molecule has 0 saturated heterocycles. The first-order valence-electron chi connectivity index (χ1n) is 4.42. The van der Waals surface area contributed by atoms with E-state index < -0.39 is 0 Å². The molecule has 1 amide bonds. The zero-order valence-corrected chi connectivity index (χ0v) is 7.92. The molecule has 0 N–H and O–H groups in total. The highest BCUT2D eigenvalue weighted by Crippen LogP contribution is 2.28. The standard InChI is InChI=1S/C10H15NO/c1-4-5-10(12)11(8(2)3)9-6-7-9/h8-9H,6-7H2,1-3H3. The summed E-state index contributed by atoms with van der Waals surface area (Å²) in [5.41, 5.74) is 0. The van der Waals surface area contributed by atoms with E-state index in [1.165, 1.54) is 0 Å².